The van der Waals surface area contributed by atoms with E-state index in [0.717, 1.165) is 12.2 Å². The maximum atomic E-state index is 11.2. The number of rotatable bonds is 3. The highest BCUT2D eigenvalue weighted by atomic mass is 16.2. The minimum absolute atomic E-state index is 0.116. The highest BCUT2D eigenvalue weighted by Crippen LogP contribution is 1.95. The Kier molecular flexibility index (Phi) is 4.51. The van der Waals surface area contributed by atoms with E-state index in [1.807, 2.05) is 0 Å². The summed E-state index contributed by atoms with van der Waals surface area (Å²) in [6.07, 6.45) is 2.25. The molecule has 0 unspecified atom stereocenters. The van der Waals surface area contributed by atoms with Gasteiger partial charge in [0, 0.05) is 6.04 Å². The van der Waals surface area contributed by atoms with Crippen LogP contribution in [0.5, 0.6) is 0 Å². The summed E-state index contributed by atoms with van der Waals surface area (Å²) in [5.41, 5.74) is 2.37. The zero-order valence-electron chi connectivity index (χ0n) is 7.91. The second-order valence-corrected chi connectivity index (χ2v) is 2.69. The van der Waals surface area contributed by atoms with Crippen molar-refractivity contribution in [1.82, 2.24) is 10.4 Å². The molecule has 4 nitrogen and oxygen atoms in total. The van der Waals surface area contributed by atoms with Gasteiger partial charge in [-0.3, -0.25) is 15.0 Å². The quantitative estimate of drug-likeness (QED) is 0.514. The van der Waals surface area contributed by atoms with Crippen molar-refractivity contribution in [2.24, 2.45) is 0 Å². The van der Waals surface area contributed by atoms with Crippen molar-refractivity contribution in [1.29, 1.82) is 0 Å². The zero-order valence-corrected chi connectivity index (χ0v) is 7.91. The van der Waals surface area contributed by atoms with E-state index in [1.54, 1.807) is 13.8 Å². The van der Waals surface area contributed by atoms with Crippen molar-refractivity contribution in [2.45, 2.75) is 19.9 Å². The van der Waals surface area contributed by atoms with Gasteiger partial charge in [0.2, 0.25) is 0 Å². The van der Waals surface area contributed by atoms with Crippen LogP contribution in [0.3, 0.4) is 0 Å². The maximum Gasteiger partial charge on any atom is 0.264 e. The summed E-state index contributed by atoms with van der Waals surface area (Å²) >= 11 is 0. The van der Waals surface area contributed by atoms with Crippen molar-refractivity contribution in [3.05, 3.63) is 25.3 Å². The molecule has 1 N–H and O–H groups in total. The van der Waals surface area contributed by atoms with Crippen LogP contribution in [0.1, 0.15) is 13.8 Å². The van der Waals surface area contributed by atoms with Crippen LogP contribution in [0.2, 0.25) is 0 Å². The summed E-state index contributed by atoms with van der Waals surface area (Å²) in [6.45, 7) is 10.2. The predicted molar refractivity (Wildman–Crippen MR) is 50.5 cm³/mol. The Labute approximate surface area is 77.9 Å². The van der Waals surface area contributed by atoms with Crippen LogP contribution >= 0.6 is 0 Å². The van der Waals surface area contributed by atoms with Gasteiger partial charge in [-0.25, -0.2) is 5.01 Å². The standard InChI is InChI=1S/C9H14N2O2/c1-5-8(12)10-11(7(3)4)9(13)6-2/h5-7H,1-2H2,3-4H3,(H,10,12). The van der Waals surface area contributed by atoms with Crippen molar-refractivity contribution < 1.29 is 9.59 Å². The van der Waals surface area contributed by atoms with Gasteiger partial charge in [0.1, 0.15) is 0 Å². The molecule has 0 radical (unpaired) electrons. The lowest BCUT2D eigenvalue weighted by atomic mass is 10.3. The first-order valence-corrected chi connectivity index (χ1v) is 3.91. The summed E-state index contributed by atoms with van der Waals surface area (Å²) in [6, 6.07) is -0.116. The van der Waals surface area contributed by atoms with Crippen molar-refractivity contribution in [3.8, 4) is 0 Å². The normalized spacial score (nSPS) is 9.15. The van der Waals surface area contributed by atoms with Crippen LogP contribution in [-0.2, 0) is 9.59 Å². The van der Waals surface area contributed by atoms with Crippen molar-refractivity contribution in [2.75, 3.05) is 0 Å². The first kappa shape index (κ1) is 11.4. The van der Waals surface area contributed by atoms with E-state index in [9.17, 15) is 9.59 Å². The third-order valence-electron chi connectivity index (χ3n) is 1.34. The molecular formula is C9H14N2O2. The summed E-state index contributed by atoms with van der Waals surface area (Å²) in [5.74, 6) is -0.755. The number of carbonyl (C=O) groups excluding carboxylic acids is 2. The molecule has 4 heteroatoms. The predicted octanol–water partition coefficient (Wildman–Crippen LogP) is 0.627. The van der Waals surface area contributed by atoms with Gasteiger partial charge in [-0.05, 0) is 26.0 Å². The summed E-state index contributed by atoms with van der Waals surface area (Å²) in [4.78, 5) is 22.1. The van der Waals surface area contributed by atoms with Crippen molar-refractivity contribution in [3.63, 3.8) is 0 Å². The molecule has 0 aliphatic carbocycles. The SMILES string of the molecule is C=CC(=O)NN(C(=O)C=C)C(C)C. The van der Waals surface area contributed by atoms with Crippen LogP contribution < -0.4 is 5.43 Å². The summed E-state index contributed by atoms with van der Waals surface area (Å²) in [7, 11) is 0. The molecule has 0 atom stereocenters. The lowest BCUT2D eigenvalue weighted by Gasteiger charge is -2.24. The average Bonchev–Trinajstić information content (AvgIpc) is 2.11. The summed E-state index contributed by atoms with van der Waals surface area (Å²) < 4.78 is 0. The highest BCUT2D eigenvalue weighted by molar-refractivity contribution is 5.92. The lowest BCUT2D eigenvalue weighted by molar-refractivity contribution is -0.137. The summed E-state index contributed by atoms with van der Waals surface area (Å²) in [5, 5.41) is 1.19. The van der Waals surface area contributed by atoms with Crippen LogP contribution in [0.15, 0.2) is 25.3 Å². The molecule has 2 amide bonds. The smallest absolute Gasteiger partial charge is 0.264 e. The molecule has 0 saturated carbocycles. The fourth-order valence-electron chi connectivity index (χ4n) is 0.701. The molecule has 13 heavy (non-hydrogen) atoms. The maximum absolute atomic E-state index is 11.2. The number of nitrogens with zero attached hydrogens (tertiary/aromatic N) is 1. The number of carbonyl (C=O) groups is 2. The van der Waals surface area contributed by atoms with E-state index in [1.165, 1.54) is 5.01 Å². The molecule has 72 valence electrons. The third kappa shape index (κ3) is 3.55. The monoisotopic (exact) mass is 182 g/mol. The Morgan fingerprint density at radius 2 is 1.85 bits per heavy atom. The van der Waals surface area contributed by atoms with Gasteiger partial charge in [-0.2, -0.15) is 0 Å². The second-order valence-electron chi connectivity index (χ2n) is 2.69. The van der Waals surface area contributed by atoms with Gasteiger partial charge in [0.15, 0.2) is 0 Å². The Hall–Kier alpha value is -1.58. The van der Waals surface area contributed by atoms with Gasteiger partial charge in [0.05, 0.1) is 0 Å². The van der Waals surface area contributed by atoms with E-state index in [0.29, 0.717) is 0 Å². The molecular weight excluding hydrogens is 168 g/mol. The molecule has 0 heterocycles. The van der Waals surface area contributed by atoms with Crippen molar-refractivity contribution >= 4 is 11.8 Å². The van der Waals surface area contributed by atoms with Crippen LogP contribution in [0.4, 0.5) is 0 Å². The molecule has 0 aromatic carbocycles. The Morgan fingerprint density at radius 3 is 2.15 bits per heavy atom. The van der Waals surface area contributed by atoms with Gasteiger partial charge < -0.3 is 0 Å². The zero-order chi connectivity index (χ0) is 10.4. The van der Waals surface area contributed by atoms with E-state index < -0.39 is 5.91 Å². The lowest BCUT2D eigenvalue weighted by Crippen LogP contribution is -2.48. The van der Waals surface area contributed by atoms with Gasteiger partial charge in [-0.1, -0.05) is 13.2 Å². The number of nitrogens with one attached hydrogen (secondary N) is 1. The van der Waals surface area contributed by atoms with Crippen LogP contribution in [0.25, 0.3) is 0 Å². The van der Waals surface area contributed by atoms with E-state index >= 15 is 0 Å². The second kappa shape index (κ2) is 5.13. The van der Waals surface area contributed by atoms with Gasteiger partial charge in [0.25, 0.3) is 11.8 Å². The molecule has 0 aromatic heterocycles. The average molecular weight is 182 g/mol. The van der Waals surface area contributed by atoms with E-state index in [-0.39, 0.29) is 11.9 Å². The minimum atomic E-state index is -0.413. The Balaban J connectivity index is 4.43. The minimum Gasteiger partial charge on any atom is -0.268 e. The third-order valence-corrected chi connectivity index (χ3v) is 1.34. The Bertz CT molecular complexity index is 234. The first-order valence-electron chi connectivity index (χ1n) is 3.91. The number of hydrazine groups is 1. The Morgan fingerprint density at radius 1 is 1.31 bits per heavy atom. The fourth-order valence-corrected chi connectivity index (χ4v) is 0.701. The van der Waals surface area contributed by atoms with Gasteiger partial charge >= 0.3 is 0 Å². The topological polar surface area (TPSA) is 49.4 Å². The molecule has 0 aliphatic heterocycles. The van der Waals surface area contributed by atoms with Gasteiger partial charge in [-0.15, -0.1) is 0 Å². The molecule has 0 bridgehead atoms. The first-order chi connectivity index (χ1) is 6.02. The molecule has 0 spiro atoms. The largest absolute Gasteiger partial charge is 0.268 e. The number of hydrogen-bond acceptors (Lipinski definition) is 2. The van der Waals surface area contributed by atoms with Crippen LogP contribution in [-0.4, -0.2) is 22.9 Å². The fraction of sp³-hybridized carbons (Fsp3) is 0.333. The molecule has 0 saturated heterocycles. The van der Waals surface area contributed by atoms with E-state index in [2.05, 4.69) is 18.6 Å². The molecule has 0 aliphatic rings. The highest BCUT2D eigenvalue weighted by Gasteiger charge is 2.14. The van der Waals surface area contributed by atoms with Crippen LogP contribution in [0, 0.1) is 0 Å². The van der Waals surface area contributed by atoms with E-state index in [4.69, 9.17) is 0 Å². The number of amides is 2. The molecule has 0 fully saturated rings. The number of hydrogen-bond donors (Lipinski definition) is 1. The molecule has 0 aromatic rings. The molecule has 0 rings (SSSR count).